The first kappa shape index (κ1) is 13.8. The summed E-state index contributed by atoms with van der Waals surface area (Å²) in [5.74, 6) is 0.746. The summed E-state index contributed by atoms with van der Waals surface area (Å²) in [6.07, 6.45) is 0. The van der Waals surface area contributed by atoms with Gasteiger partial charge in [-0.2, -0.15) is 4.68 Å². The first-order valence-electron chi connectivity index (χ1n) is 7.07. The number of H-pyrrole nitrogens is 1. The molecule has 0 saturated carbocycles. The Hall–Kier alpha value is -2.86. The van der Waals surface area contributed by atoms with Crippen LogP contribution in [0.4, 0.5) is 0 Å². The molecule has 0 aliphatic rings. The second kappa shape index (κ2) is 5.40. The van der Waals surface area contributed by atoms with E-state index in [2.05, 4.69) is 10.1 Å². The molecule has 2 aromatic heterocycles. The monoisotopic (exact) mass is 323 g/mol. The van der Waals surface area contributed by atoms with Gasteiger partial charge in [0.25, 0.3) is 5.56 Å². The minimum absolute atomic E-state index is 0.137. The fourth-order valence-corrected chi connectivity index (χ4v) is 3.36. The van der Waals surface area contributed by atoms with Gasteiger partial charge in [-0.25, -0.2) is 4.98 Å². The number of methoxy groups -OCH3 is 1. The number of rotatable bonds is 3. The van der Waals surface area contributed by atoms with Crippen LogP contribution in [0, 0.1) is 0 Å². The number of hydrogen-bond acceptors (Lipinski definition) is 4. The number of nitrogens with zero attached hydrogens (tertiary/aromatic N) is 2. The van der Waals surface area contributed by atoms with Crippen LogP contribution in [0.25, 0.3) is 26.6 Å². The average molecular weight is 323 g/mol. The van der Waals surface area contributed by atoms with E-state index >= 15 is 0 Å². The Morgan fingerprint density at radius 1 is 1.13 bits per heavy atom. The van der Waals surface area contributed by atoms with Crippen molar-refractivity contribution >= 4 is 21.6 Å². The number of aromatic amines is 1. The number of thiazole rings is 1. The predicted octanol–water partition coefficient (Wildman–Crippen LogP) is 3.45. The molecule has 0 spiro atoms. The zero-order chi connectivity index (χ0) is 15.8. The average Bonchev–Trinajstić information content (AvgIpc) is 3.18. The van der Waals surface area contributed by atoms with Crippen LogP contribution >= 0.6 is 11.3 Å². The Kier molecular flexibility index (Phi) is 3.24. The number of benzene rings is 2. The summed E-state index contributed by atoms with van der Waals surface area (Å²) in [6, 6.07) is 17.0. The maximum Gasteiger partial charge on any atom is 0.273 e. The molecule has 2 heterocycles. The van der Waals surface area contributed by atoms with Crippen LogP contribution in [-0.4, -0.2) is 21.9 Å². The van der Waals surface area contributed by atoms with E-state index in [0.29, 0.717) is 5.13 Å². The molecular weight excluding hydrogens is 310 g/mol. The van der Waals surface area contributed by atoms with E-state index in [1.54, 1.807) is 13.2 Å². The highest BCUT2D eigenvalue weighted by atomic mass is 32.1. The summed E-state index contributed by atoms with van der Waals surface area (Å²) in [6.45, 7) is 0. The number of aromatic nitrogens is 3. The summed E-state index contributed by atoms with van der Waals surface area (Å²) in [4.78, 5) is 16.8. The van der Waals surface area contributed by atoms with Gasteiger partial charge in [-0.15, -0.1) is 0 Å². The molecule has 4 aromatic rings. The van der Waals surface area contributed by atoms with E-state index < -0.39 is 0 Å². The number of para-hydroxylation sites is 1. The molecule has 5 nitrogen and oxygen atoms in total. The molecular formula is C17H13N3O2S. The molecule has 0 bridgehead atoms. The molecule has 0 unspecified atom stereocenters. The first-order valence-corrected chi connectivity index (χ1v) is 7.89. The lowest BCUT2D eigenvalue weighted by Gasteiger charge is -2.02. The summed E-state index contributed by atoms with van der Waals surface area (Å²) in [5.41, 5.74) is 2.37. The van der Waals surface area contributed by atoms with Crippen LogP contribution in [0.2, 0.25) is 0 Å². The Morgan fingerprint density at radius 3 is 2.83 bits per heavy atom. The van der Waals surface area contributed by atoms with Gasteiger partial charge in [-0.1, -0.05) is 35.6 Å². The number of nitrogens with one attached hydrogen (secondary N) is 1. The Balaban J connectivity index is 1.81. The molecule has 2 aromatic carbocycles. The van der Waals surface area contributed by atoms with Crippen molar-refractivity contribution < 1.29 is 4.74 Å². The molecule has 0 saturated heterocycles. The third kappa shape index (κ3) is 2.43. The predicted molar refractivity (Wildman–Crippen MR) is 91.6 cm³/mol. The Labute approximate surface area is 135 Å². The van der Waals surface area contributed by atoms with Gasteiger partial charge in [-0.05, 0) is 24.3 Å². The van der Waals surface area contributed by atoms with Gasteiger partial charge in [0.1, 0.15) is 5.75 Å². The van der Waals surface area contributed by atoms with Crippen LogP contribution in [-0.2, 0) is 0 Å². The summed E-state index contributed by atoms with van der Waals surface area (Å²) >= 11 is 1.48. The van der Waals surface area contributed by atoms with Gasteiger partial charge in [0.15, 0.2) is 0 Å². The lowest BCUT2D eigenvalue weighted by molar-refractivity contribution is 0.415. The second-order valence-electron chi connectivity index (χ2n) is 5.04. The van der Waals surface area contributed by atoms with Crippen molar-refractivity contribution in [3.8, 4) is 22.1 Å². The van der Waals surface area contributed by atoms with E-state index in [1.807, 2.05) is 48.5 Å². The van der Waals surface area contributed by atoms with Crippen LogP contribution < -0.4 is 10.3 Å². The zero-order valence-electron chi connectivity index (χ0n) is 12.3. The second-order valence-corrected chi connectivity index (χ2v) is 6.05. The number of ether oxygens (including phenoxy) is 1. The molecule has 0 amide bonds. The van der Waals surface area contributed by atoms with Gasteiger partial charge in [-0.3, -0.25) is 9.89 Å². The van der Waals surface area contributed by atoms with Crippen molar-refractivity contribution in [1.82, 2.24) is 14.8 Å². The van der Waals surface area contributed by atoms with Crippen LogP contribution in [0.1, 0.15) is 0 Å². The minimum atomic E-state index is -0.137. The highest BCUT2D eigenvalue weighted by Crippen LogP contribution is 2.25. The third-order valence-electron chi connectivity index (χ3n) is 3.58. The molecule has 0 aliphatic carbocycles. The van der Waals surface area contributed by atoms with E-state index in [-0.39, 0.29) is 5.56 Å². The van der Waals surface area contributed by atoms with Gasteiger partial charge >= 0.3 is 0 Å². The largest absolute Gasteiger partial charge is 0.497 e. The van der Waals surface area contributed by atoms with Gasteiger partial charge in [0.05, 0.1) is 23.0 Å². The number of fused-ring (bicyclic) bond motifs is 1. The van der Waals surface area contributed by atoms with Crippen molar-refractivity contribution in [1.29, 1.82) is 0 Å². The lowest BCUT2D eigenvalue weighted by Crippen LogP contribution is -2.12. The molecule has 114 valence electrons. The molecule has 0 aliphatic heterocycles. The molecule has 0 fully saturated rings. The Bertz CT molecular complexity index is 1010. The topological polar surface area (TPSA) is 59.9 Å². The fraction of sp³-hybridized carbons (Fsp3) is 0.0588. The highest BCUT2D eigenvalue weighted by molar-refractivity contribution is 7.20. The van der Waals surface area contributed by atoms with Crippen molar-refractivity contribution in [2.24, 2.45) is 0 Å². The van der Waals surface area contributed by atoms with Gasteiger partial charge < -0.3 is 4.74 Å². The van der Waals surface area contributed by atoms with Crippen molar-refractivity contribution in [3.63, 3.8) is 0 Å². The quantitative estimate of drug-likeness (QED) is 0.628. The maximum absolute atomic E-state index is 12.3. The number of hydrogen-bond donors (Lipinski definition) is 1. The van der Waals surface area contributed by atoms with Crippen molar-refractivity contribution in [2.75, 3.05) is 7.11 Å². The van der Waals surface area contributed by atoms with Crippen molar-refractivity contribution in [2.45, 2.75) is 0 Å². The van der Waals surface area contributed by atoms with Gasteiger partial charge in [0.2, 0.25) is 5.13 Å². The highest BCUT2D eigenvalue weighted by Gasteiger charge is 2.11. The normalized spacial score (nSPS) is 11.0. The SMILES string of the molecule is COc1cccc(-c2cc(=O)n(-c3nc4ccccc4s3)[nH]2)c1. The first-order chi connectivity index (χ1) is 11.2. The Morgan fingerprint density at radius 2 is 2.00 bits per heavy atom. The molecule has 0 atom stereocenters. The van der Waals surface area contributed by atoms with Crippen LogP contribution in [0.3, 0.4) is 0 Å². The summed E-state index contributed by atoms with van der Waals surface area (Å²) in [7, 11) is 1.62. The molecule has 6 heteroatoms. The minimum Gasteiger partial charge on any atom is -0.497 e. The fourth-order valence-electron chi connectivity index (χ4n) is 2.43. The zero-order valence-corrected chi connectivity index (χ0v) is 13.1. The van der Waals surface area contributed by atoms with E-state index in [9.17, 15) is 4.79 Å². The molecule has 1 N–H and O–H groups in total. The molecule has 23 heavy (non-hydrogen) atoms. The summed E-state index contributed by atoms with van der Waals surface area (Å²) in [5, 5.41) is 3.75. The summed E-state index contributed by atoms with van der Waals surface area (Å²) < 4.78 is 7.75. The van der Waals surface area contributed by atoms with Gasteiger partial charge in [0, 0.05) is 11.6 Å². The standard InChI is InChI=1S/C17H13N3O2S/c1-22-12-6-4-5-11(9-12)14-10-16(21)20(19-14)17-18-13-7-2-3-8-15(13)23-17/h2-10,19H,1H3. The van der Waals surface area contributed by atoms with Crippen molar-refractivity contribution in [3.05, 3.63) is 65.0 Å². The van der Waals surface area contributed by atoms with Crippen LogP contribution in [0.5, 0.6) is 5.75 Å². The maximum atomic E-state index is 12.3. The smallest absolute Gasteiger partial charge is 0.273 e. The molecule has 0 radical (unpaired) electrons. The van der Waals surface area contributed by atoms with E-state index in [4.69, 9.17) is 4.74 Å². The lowest BCUT2D eigenvalue weighted by atomic mass is 10.1. The third-order valence-corrected chi connectivity index (χ3v) is 4.60. The van der Waals surface area contributed by atoms with E-state index in [0.717, 1.165) is 27.2 Å². The van der Waals surface area contributed by atoms with Crippen LogP contribution in [0.15, 0.2) is 59.4 Å². The molecule has 4 rings (SSSR count). The van der Waals surface area contributed by atoms with E-state index in [1.165, 1.54) is 16.0 Å².